The summed E-state index contributed by atoms with van der Waals surface area (Å²) in [5, 5.41) is 14.9. The summed E-state index contributed by atoms with van der Waals surface area (Å²) >= 11 is 0. The van der Waals surface area contributed by atoms with Crippen LogP contribution in [0, 0.1) is 11.6 Å². The molecule has 4 heterocycles. The van der Waals surface area contributed by atoms with Crippen LogP contribution in [0.15, 0.2) is 35.1 Å². The van der Waals surface area contributed by atoms with E-state index in [1.54, 1.807) is 6.20 Å². The number of nitrogens with zero attached hydrogens (tertiary/aromatic N) is 7. The first-order valence-electron chi connectivity index (χ1n) is 11.3. The Kier molecular flexibility index (Phi) is 6.72. The quantitative estimate of drug-likeness (QED) is 0.491. The van der Waals surface area contributed by atoms with E-state index in [2.05, 4.69) is 26.2 Å². The average molecular weight is 519 g/mol. The molecule has 2 aliphatic heterocycles. The zero-order chi connectivity index (χ0) is 25.9. The van der Waals surface area contributed by atoms with Gasteiger partial charge >= 0.3 is 12.1 Å². The minimum atomic E-state index is -0.839. The summed E-state index contributed by atoms with van der Waals surface area (Å²) in [4.78, 5) is 27.6. The number of nitrogens with one attached hydrogen (secondary N) is 2. The van der Waals surface area contributed by atoms with Gasteiger partial charge in [-0.05, 0) is 5.16 Å². The number of urea groups is 1. The SMILES string of the molecule is COc1cc(NC(=O)N2CCN(c3c(F)cc(N4C[C@H](Cn5ccnn5)OC4=O)cc3F)CCN2)on1. The van der Waals surface area contributed by atoms with E-state index in [1.165, 1.54) is 38.9 Å². The summed E-state index contributed by atoms with van der Waals surface area (Å²) in [5.41, 5.74) is 2.70. The van der Waals surface area contributed by atoms with E-state index in [-0.39, 0.29) is 62.4 Å². The Morgan fingerprint density at radius 1 is 1.24 bits per heavy atom. The number of hydrazine groups is 1. The highest BCUT2D eigenvalue weighted by molar-refractivity contribution is 5.90. The number of rotatable bonds is 6. The topological polar surface area (TPSA) is 143 Å². The number of hydrogen-bond acceptors (Lipinski definition) is 10. The molecule has 0 saturated carbocycles. The summed E-state index contributed by atoms with van der Waals surface area (Å²) in [6.07, 6.45) is 1.86. The molecule has 2 aromatic heterocycles. The van der Waals surface area contributed by atoms with Crippen molar-refractivity contribution in [3.05, 3.63) is 42.2 Å². The van der Waals surface area contributed by atoms with Crippen molar-refractivity contribution in [3.63, 3.8) is 0 Å². The second-order valence-corrected chi connectivity index (χ2v) is 8.21. The summed E-state index contributed by atoms with van der Waals surface area (Å²) in [6, 6.07) is 3.06. The van der Waals surface area contributed by atoms with Gasteiger partial charge in [-0.2, -0.15) is 0 Å². The fraction of sp³-hybridized carbons (Fsp3) is 0.381. The van der Waals surface area contributed by atoms with Crippen LogP contribution >= 0.6 is 0 Å². The summed E-state index contributed by atoms with van der Waals surface area (Å²) in [5.74, 6) is -1.39. The lowest BCUT2D eigenvalue weighted by molar-refractivity contribution is 0.129. The van der Waals surface area contributed by atoms with E-state index in [1.807, 2.05) is 0 Å². The van der Waals surface area contributed by atoms with E-state index < -0.39 is 29.9 Å². The normalized spacial score (nSPS) is 18.1. The maximum absolute atomic E-state index is 15.2. The van der Waals surface area contributed by atoms with E-state index in [9.17, 15) is 9.59 Å². The zero-order valence-corrected chi connectivity index (χ0v) is 19.6. The van der Waals surface area contributed by atoms with Crippen LogP contribution in [0.2, 0.25) is 0 Å². The molecule has 1 aromatic carbocycles. The third kappa shape index (κ3) is 5.23. The van der Waals surface area contributed by atoms with Crippen LogP contribution in [0.25, 0.3) is 0 Å². The maximum Gasteiger partial charge on any atom is 0.414 e. The van der Waals surface area contributed by atoms with Crippen molar-refractivity contribution in [2.24, 2.45) is 0 Å². The van der Waals surface area contributed by atoms with Crippen molar-refractivity contribution in [2.75, 3.05) is 55.0 Å². The molecule has 0 bridgehead atoms. The monoisotopic (exact) mass is 519 g/mol. The fourth-order valence-electron chi connectivity index (χ4n) is 4.09. The highest BCUT2D eigenvalue weighted by atomic mass is 19.1. The van der Waals surface area contributed by atoms with Gasteiger partial charge in [0.2, 0.25) is 5.88 Å². The zero-order valence-electron chi connectivity index (χ0n) is 19.6. The van der Waals surface area contributed by atoms with Crippen LogP contribution in [0.1, 0.15) is 0 Å². The second-order valence-electron chi connectivity index (χ2n) is 8.21. The number of benzene rings is 1. The first-order valence-corrected chi connectivity index (χ1v) is 11.3. The average Bonchev–Trinajstić information content (AvgIpc) is 3.58. The molecular formula is C21H23F2N9O5. The first kappa shape index (κ1) is 24.2. The molecule has 0 radical (unpaired) electrons. The Morgan fingerprint density at radius 2 is 2.05 bits per heavy atom. The third-order valence-corrected chi connectivity index (χ3v) is 5.82. The van der Waals surface area contributed by atoms with Gasteiger partial charge < -0.3 is 18.9 Å². The van der Waals surface area contributed by atoms with Crippen LogP contribution < -0.4 is 25.3 Å². The van der Waals surface area contributed by atoms with Crippen molar-refractivity contribution in [3.8, 4) is 5.88 Å². The fourth-order valence-corrected chi connectivity index (χ4v) is 4.09. The Balaban J connectivity index is 1.23. The highest BCUT2D eigenvalue weighted by Gasteiger charge is 2.34. The van der Waals surface area contributed by atoms with Gasteiger partial charge in [-0.1, -0.05) is 5.21 Å². The molecule has 37 heavy (non-hydrogen) atoms. The van der Waals surface area contributed by atoms with Crippen LogP contribution in [-0.4, -0.2) is 83.2 Å². The van der Waals surface area contributed by atoms with Gasteiger partial charge in [-0.3, -0.25) is 15.2 Å². The number of methoxy groups -OCH3 is 1. The molecule has 2 N–H and O–H groups in total. The van der Waals surface area contributed by atoms with Gasteiger partial charge in [-0.25, -0.2) is 28.5 Å². The number of ether oxygens (including phenoxy) is 2. The number of halogens is 2. The van der Waals surface area contributed by atoms with Crippen LogP contribution in [0.5, 0.6) is 5.88 Å². The van der Waals surface area contributed by atoms with Gasteiger partial charge in [0.15, 0.2) is 11.6 Å². The van der Waals surface area contributed by atoms with Crippen LogP contribution in [0.3, 0.4) is 0 Å². The minimum absolute atomic E-state index is 0.0428. The predicted octanol–water partition coefficient (Wildman–Crippen LogP) is 1.44. The first-order chi connectivity index (χ1) is 17.9. The van der Waals surface area contributed by atoms with Crippen molar-refractivity contribution < 1.29 is 32.4 Å². The number of carbonyl (C=O) groups is 2. The molecule has 196 valence electrons. The van der Waals surface area contributed by atoms with Crippen molar-refractivity contribution in [2.45, 2.75) is 12.6 Å². The van der Waals surface area contributed by atoms with Crippen LogP contribution in [-0.2, 0) is 11.3 Å². The Bertz CT molecular complexity index is 1250. The van der Waals surface area contributed by atoms with E-state index in [4.69, 9.17) is 14.0 Å². The van der Waals surface area contributed by atoms with Gasteiger partial charge in [-0.15, -0.1) is 5.10 Å². The molecule has 3 aromatic rings. The largest absolute Gasteiger partial charge is 0.479 e. The summed E-state index contributed by atoms with van der Waals surface area (Å²) < 4.78 is 47.0. The molecule has 0 spiro atoms. The third-order valence-electron chi connectivity index (χ3n) is 5.82. The maximum atomic E-state index is 15.2. The van der Waals surface area contributed by atoms with E-state index in [0.717, 1.165) is 12.1 Å². The van der Waals surface area contributed by atoms with Crippen molar-refractivity contribution >= 4 is 29.4 Å². The number of amides is 3. The van der Waals surface area contributed by atoms with Gasteiger partial charge in [0, 0.05) is 38.0 Å². The molecule has 0 unspecified atom stereocenters. The lowest BCUT2D eigenvalue weighted by Crippen LogP contribution is -2.45. The number of aromatic nitrogens is 4. The standard InChI is InChI=1S/C21H23F2N9O5/c1-35-18-10-17(37-27-18)26-20(33)32-7-6-29(4-3-25-32)19-15(22)8-13(9-16(19)23)31-12-14(36-21(31)34)11-30-5-2-24-28-30/h2,5,8-10,14,25H,3-4,6-7,11-12H2,1H3,(H,26,33)/t14-/m0/s1. The summed E-state index contributed by atoms with van der Waals surface area (Å²) in [6.45, 7) is 1.07. The van der Waals surface area contributed by atoms with E-state index in [0.29, 0.717) is 0 Å². The summed E-state index contributed by atoms with van der Waals surface area (Å²) in [7, 11) is 1.41. The van der Waals surface area contributed by atoms with Gasteiger partial charge in [0.25, 0.3) is 5.88 Å². The molecule has 2 fully saturated rings. The minimum Gasteiger partial charge on any atom is -0.479 e. The molecule has 1 atom stereocenters. The smallest absolute Gasteiger partial charge is 0.414 e. The number of cyclic esters (lactones) is 1. The highest BCUT2D eigenvalue weighted by Crippen LogP contribution is 2.31. The molecular weight excluding hydrogens is 496 g/mol. The molecule has 16 heteroatoms. The van der Waals surface area contributed by atoms with Crippen LogP contribution in [0.4, 0.5) is 35.6 Å². The molecule has 3 amide bonds. The molecule has 0 aliphatic carbocycles. The number of hydrogen-bond donors (Lipinski definition) is 2. The molecule has 2 saturated heterocycles. The molecule has 14 nitrogen and oxygen atoms in total. The lowest BCUT2D eigenvalue weighted by atomic mass is 10.2. The predicted molar refractivity (Wildman–Crippen MR) is 123 cm³/mol. The molecule has 2 aliphatic rings. The van der Waals surface area contributed by atoms with Gasteiger partial charge in [0.05, 0.1) is 44.7 Å². The number of anilines is 3. The van der Waals surface area contributed by atoms with E-state index >= 15 is 8.78 Å². The van der Waals surface area contributed by atoms with Crippen molar-refractivity contribution in [1.82, 2.24) is 30.6 Å². The number of carbonyl (C=O) groups excluding carboxylic acids is 2. The second kappa shape index (κ2) is 10.3. The van der Waals surface area contributed by atoms with Crippen molar-refractivity contribution in [1.29, 1.82) is 0 Å². The Labute approximate surface area is 208 Å². The Morgan fingerprint density at radius 3 is 2.76 bits per heavy atom. The molecule has 5 rings (SSSR count). The lowest BCUT2D eigenvalue weighted by Gasteiger charge is -2.25. The van der Waals surface area contributed by atoms with Gasteiger partial charge in [0.1, 0.15) is 11.8 Å². The Hall–Kier alpha value is -4.47.